The van der Waals surface area contributed by atoms with Crippen molar-refractivity contribution in [1.82, 2.24) is 9.97 Å². The maximum atomic E-state index is 14.3. The van der Waals surface area contributed by atoms with E-state index < -0.39 is 11.6 Å². The highest BCUT2D eigenvalue weighted by Crippen LogP contribution is 2.31. The second-order valence-corrected chi connectivity index (χ2v) is 5.99. The number of aromatic nitrogens is 2. The average molecular weight is 326 g/mol. The van der Waals surface area contributed by atoms with Gasteiger partial charge in [0.1, 0.15) is 0 Å². The summed E-state index contributed by atoms with van der Waals surface area (Å²) in [5.41, 5.74) is 7.19. The molecule has 122 valence electrons. The molecule has 1 atom stereocenters. The van der Waals surface area contributed by atoms with E-state index in [1.54, 1.807) is 0 Å². The molecule has 1 saturated heterocycles. The Hall–Kier alpha value is -2.60. The summed E-state index contributed by atoms with van der Waals surface area (Å²) in [6.07, 6.45) is 0.861. The second kappa shape index (κ2) is 5.79. The lowest BCUT2D eigenvalue weighted by Crippen LogP contribution is -2.27. The molecule has 2 aromatic carbocycles. The summed E-state index contributed by atoms with van der Waals surface area (Å²) < 4.78 is 28.0. The topological polar surface area (TPSA) is 55.0 Å². The number of fused-ring (bicyclic) bond motifs is 1. The first kappa shape index (κ1) is 15.0. The monoisotopic (exact) mass is 326 g/mol. The van der Waals surface area contributed by atoms with E-state index in [0.717, 1.165) is 19.0 Å². The molecule has 0 amide bonds. The lowest BCUT2D eigenvalue weighted by molar-refractivity contribution is 0.511. The molecule has 24 heavy (non-hydrogen) atoms. The Morgan fingerprint density at radius 1 is 1.04 bits per heavy atom. The van der Waals surface area contributed by atoms with Gasteiger partial charge in [-0.1, -0.05) is 24.3 Å². The van der Waals surface area contributed by atoms with Gasteiger partial charge in [-0.2, -0.15) is 0 Å². The van der Waals surface area contributed by atoms with Gasteiger partial charge in [-0.25, -0.2) is 18.7 Å². The highest BCUT2D eigenvalue weighted by atomic mass is 19.2. The van der Waals surface area contributed by atoms with Crippen molar-refractivity contribution in [3.63, 3.8) is 0 Å². The molecule has 1 aliphatic rings. The molecule has 0 saturated carbocycles. The molecule has 0 bridgehead atoms. The van der Waals surface area contributed by atoms with E-state index in [2.05, 4.69) is 9.97 Å². The Morgan fingerprint density at radius 2 is 1.88 bits per heavy atom. The summed E-state index contributed by atoms with van der Waals surface area (Å²) in [5.74, 6) is -1.29. The normalized spacial score (nSPS) is 17.6. The molecular formula is C18H16F2N4. The summed E-state index contributed by atoms with van der Waals surface area (Å²) in [7, 11) is 0. The molecule has 4 nitrogen and oxygen atoms in total. The summed E-state index contributed by atoms with van der Waals surface area (Å²) in [6, 6.07) is 11.5. The standard InChI is InChI=1S/C18H16F2N4/c19-14-6-3-5-13(16(14)20)17-12-4-1-2-7-15(12)22-18(23-17)24-9-8-11(21)10-24/h1-7,11H,8-10,21H2/t11-/m1/s1. The molecule has 1 fully saturated rings. The van der Waals surface area contributed by atoms with Gasteiger partial charge in [0, 0.05) is 30.1 Å². The van der Waals surface area contributed by atoms with E-state index >= 15 is 0 Å². The number of nitrogens with two attached hydrogens (primary N) is 1. The Morgan fingerprint density at radius 3 is 2.67 bits per heavy atom. The van der Waals surface area contributed by atoms with Gasteiger partial charge in [0.2, 0.25) is 5.95 Å². The van der Waals surface area contributed by atoms with Crippen LogP contribution in [-0.4, -0.2) is 29.1 Å². The molecule has 2 N–H and O–H groups in total. The Bertz CT molecular complexity index is 913. The van der Waals surface area contributed by atoms with Crippen LogP contribution in [0.1, 0.15) is 6.42 Å². The van der Waals surface area contributed by atoms with E-state index in [0.29, 0.717) is 29.1 Å². The summed E-state index contributed by atoms with van der Waals surface area (Å²) >= 11 is 0. The Balaban J connectivity index is 1.94. The second-order valence-electron chi connectivity index (χ2n) is 5.99. The first-order valence-corrected chi connectivity index (χ1v) is 7.85. The fourth-order valence-electron chi connectivity index (χ4n) is 3.07. The van der Waals surface area contributed by atoms with Crippen molar-refractivity contribution in [3.8, 4) is 11.3 Å². The molecule has 0 aliphatic carbocycles. The number of hydrogen-bond donors (Lipinski definition) is 1. The third-order valence-electron chi connectivity index (χ3n) is 4.31. The highest BCUT2D eigenvalue weighted by Gasteiger charge is 2.23. The number of hydrogen-bond acceptors (Lipinski definition) is 4. The predicted octanol–water partition coefficient (Wildman–Crippen LogP) is 3.11. The molecule has 6 heteroatoms. The van der Waals surface area contributed by atoms with E-state index in [1.807, 2.05) is 29.2 Å². The van der Waals surface area contributed by atoms with E-state index in [1.165, 1.54) is 12.1 Å². The van der Waals surface area contributed by atoms with Crippen LogP contribution in [0.4, 0.5) is 14.7 Å². The van der Waals surface area contributed by atoms with Gasteiger partial charge >= 0.3 is 0 Å². The minimum absolute atomic E-state index is 0.0782. The molecule has 1 aromatic heterocycles. The van der Waals surface area contributed by atoms with Crippen molar-refractivity contribution >= 4 is 16.9 Å². The van der Waals surface area contributed by atoms with E-state index in [4.69, 9.17) is 5.73 Å². The minimum atomic E-state index is -0.898. The van der Waals surface area contributed by atoms with Crippen LogP contribution in [0.15, 0.2) is 42.5 Å². The smallest absolute Gasteiger partial charge is 0.226 e. The third kappa shape index (κ3) is 2.49. The molecule has 4 rings (SSSR count). The summed E-state index contributed by atoms with van der Waals surface area (Å²) in [6.45, 7) is 1.41. The molecule has 0 spiro atoms. The van der Waals surface area contributed by atoms with Gasteiger partial charge < -0.3 is 10.6 Å². The zero-order valence-corrected chi connectivity index (χ0v) is 12.9. The zero-order valence-electron chi connectivity index (χ0n) is 12.9. The fourth-order valence-corrected chi connectivity index (χ4v) is 3.07. The van der Waals surface area contributed by atoms with Crippen LogP contribution in [0.3, 0.4) is 0 Å². The molecular weight excluding hydrogens is 310 g/mol. The Kier molecular flexibility index (Phi) is 3.61. The van der Waals surface area contributed by atoms with Crippen molar-refractivity contribution in [2.45, 2.75) is 12.5 Å². The lowest BCUT2D eigenvalue weighted by atomic mass is 10.1. The van der Waals surface area contributed by atoms with Crippen molar-refractivity contribution in [3.05, 3.63) is 54.1 Å². The maximum Gasteiger partial charge on any atom is 0.226 e. The first-order valence-electron chi connectivity index (χ1n) is 7.85. The van der Waals surface area contributed by atoms with Gasteiger partial charge in [-0.05, 0) is 24.6 Å². The van der Waals surface area contributed by atoms with Crippen LogP contribution in [-0.2, 0) is 0 Å². The summed E-state index contributed by atoms with van der Waals surface area (Å²) in [4.78, 5) is 11.1. The van der Waals surface area contributed by atoms with Crippen LogP contribution >= 0.6 is 0 Å². The van der Waals surface area contributed by atoms with Crippen LogP contribution < -0.4 is 10.6 Å². The van der Waals surface area contributed by atoms with Gasteiger partial charge in [-0.3, -0.25) is 0 Å². The van der Waals surface area contributed by atoms with Crippen molar-refractivity contribution in [2.24, 2.45) is 5.73 Å². The first-order chi connectivity index (χ1) is 11.6. The van der Waals surface area contributed by atoms with Gasteiger partial charge in [0.05, 0.1) is 11.2 Å². The van der Waals surface area contributed by atoms with Crippen LogP contribution in [0.25, 0.3) is 22.2 Å². The predicted molar refractivity (Wildman–Crippen MR) is 89.7 cm³/mol. The Labute approximate surface area is 137 Å². The molecule has 1 aliphatic heterocycles. The summed E-state index contributed by atoms with van der Waals surface area (Å²) in [5, 5.41) is 0.689. The number of halogens is 2. The van der Waals surface area contributed by atoms with Gasteiger partial charge in [0.15, 0.2) is 11.6 Å². The van der Waals surface area contributed by atoms with Crippen molar-refractivity contribution < 1.29 is 8.78 Å². The van der Waals surface area contributed by atoms with E-state index in [9.17, 15) is 8.78 Å². The zero-order chi connectivity index (χ0) is 16.7. The number of nitrogens with zero attached hydrogens (tertiary/aromatic N) is 3. The van der Waals surface area contributed by atoms with Crippen molar-refractivity contribution in [2.75, 3.05) is 18.0 Å². The maximum absolute atomic E-state index is 14.3. The lowest BCUT2D eigenvalue weighted by Gasteiger charge is -2.18. The van der Waals surface area contributed by atoms with Gasteiger partial charge in [0.25, 0.3) is 0 Å². The molecule has 2 heterocycles. The third-order valence-corrected chi connectivity index (χ3v) is 4.31. The van der Waals surface area contributed by atoms with Crippen molar-refractivity contribution in [1.29, 1.82) is 0 Å². The van der Waals surface area contributed by atoms with Crippen LogP contribution in [0.2, 0.25) is 0 Å². The van der Waals surface area contributed by atoms with E-state index in [-0.39, 0.29) is 11.6 Å². The fraction of sp³-hybridized carbons (Fsp3) is 0.222. The highest BCUT2D eigenvalue weighted by molar-refractivity contribution is 5.93. The molecule has 0 unspecified atom stereocenters. The average Bonchev–Trinajstić information content (AvgIpc) is 3.03. The number of anilines is 1. The molecule has 0 radical (unpaired) electrons. The number of para-hydroxylation sites is 1. The molecule has 3 aromatic rings. The number of benzene rings is 2. The quantitative estimate of drug-likeness (QED) is 0.786. The van der Waals surface area contributed by atoms with Crippen LogP contribution in [0, 0.1) is 11.6 Å². The van der Waals surface area contributed by atoms with Crippen LogP contribution in [0.5, 0.6) is 0 Å². The number of rotatable bonds is 2. The minimum Gasteiger partial charge on any atom is -0.339 e. The SMILES string of the molecule is N[C@@H]1CCN(c2nc(-c3cccc(F)c3F)c3ccccc3n2)C1. The largest absolute Gasteiger partial charge is 0.339 e. The van der Waals surface area contributed by atoms with Gasteiger partial charge in [-0.15, -0.1) is 0 Å².